The monoisotopic (exact) mass is 949 g/mol. The topological polar surface area (TPSA) is 245 Å². The van der Waals surface area contributed by atoms with E-state index < -0.39 is 96.8 Å². The number of nitrogens with two attached hydrogens (primary N) is 1. The number of hydrogen-bond acceptors (Lipinski definition) is 16. The molecule has 6 aliphatic heterocycles. The fourth-order valence-electron chi connectivity index (χ4n) is 10.6. The number of allylic oxidation sites excluding steroid dienone is 2. The van der Waals surface area contributed by atoms with Crippen LogP contribution in [0.25, 0.3) is 0 Å². The Labute approximate surface area is 394 Å². The third kappa shape index (κ3) is 11.9. The molecule has 6 heterocycles. The number of methoxy groups -OCH3 is 2. The maximum Gasteiger partial charge on any atom is 0.335 e. The van der Waals surface area contributed by atoms with Crippen LogP contribution >= 0.6 is 0 Å². The summed E-state index contributed by atoms with van der Waals surface area (Å²) in [5.74, 6) is -2.56. The average Bonchev–Trinajstić information content (AvgIpc) is 3.64. The Hall–Kier alpha value is -3.08. The van der Waals surface area contributed by atoms with Gasteiger partial charge < -0.3 is 68.4 Å². The van der Waals surface area contributed by atoms with Gasteiger partial charge in [0.2, 0.25) is 0 Å². The molecule has 18 nitrogen and oxygen atoms in total. The smallest absolute Gasteiger partial charge is 0.335 e. The van der Waals surface area contributed by atoms with Crippen molar-refractivity contribution < 1.29 is 77.5 Å². The number of urea groups is 1. The minimum atomic E-state index is -1.84. The molecule has 2 bridgehead atoms. The van der Waals surface area contributed by atoms with Crippen molar-refractivity contribution in [3.8, 4) is 0 Å². The molecule has 0 radical (unpaired) electrons. The van der Waals surface area contributed by atoms with Gasteiger partial charge in [-0.15, -0.1) is 0 Å². The summed E-state index contributed by atoms with van der Waals surface area (Å²) >= 11 is 0. The average molecular weight is 949 g/mol. The molecule has 0 aromatic heterocycles. The van der Waals surface area contributed by atoms with E-state index in [1.54, 1.807) is 40.2 Å². The Balaban J connectivity index is 0.00000141. The summed E-state index contributed by atoms with van der Waals surface area (Å²) in [7, 11) is 3.22. The number of rotatable bonds is 8. The van der Waals surface area contributed by atoms with Crippen LogP contribution in [0.3, 0.4) is 0 Å². The molecule has 4 saturated heterocycles. The van der Waals surface area contributed by atoms with E-state index in [4.69, 9.17) is 52.6 Å². The van der Waals surface area contributed by atoms with Crippen LogP contribution in [0.2, 0.25) is 0 Å². The van der Waals surface area contributed by atoms with E-state index >= 15 is 0 Å². The highest BCUT2D eigenvalue weighted by Gasteiger charge is 2.60. The van der Waals surface area contributed by atoms with Crippen molar-refractivity contribution >= 4 is 12.0 Å². The summed E-state index contributed by atoms with van der Waals surface area (Å²) in [6, 6.07) is -0.940. The third-order valence-electron chi connectivity index (χ3n) is 14.6. The largest absolute Gasteiger partial charge is 0.462 e. The Kier molecular flexibility index (Phi) is 18.1. The highest BCUT2D eigenvalue weighted by atomic mass is 16.7. The minimum Gasteiger partial charge on any atom is -0.462 e. The molecule has 0 aromatic carbocycles. The number of hydrogen-bond donors (Lipinski definition) is 6. The Morgan fingerprint density at radius 1 is 0.940 bits per heavy atom. The molecule has 20 atom stereocenters. The van der Waals surface area contributed by atoms with Gasteiger partial charge in [0.05, 0.1) is 49.3 Å². The van der Waals surface area contributed by atoms with Crippen molar-refractivity contribution in [2.24, 2.45) is 29.4 Å². The number of aliphatic hydroxyl groups is 3. The van der Waals surface area contributed by atoms with E-state index in [0.29, 0.717) is 43.3 Å². The molecule has 7 N–H and O–H groups in total. The van der Waals surface area contributed by atoms with Crippen LogP contribution in [-0.4, -0.2) is 151 Å². The summed E-state index contributed by atoms with van der Waals surface area (Å²) in [5, 5.41) is 41.6. The number of hydroxylamine groups is 1. The highest BCUT2D eigenvalue weighted by molar-refractivity contribution is 5.78. The summed E-state index contributed by atoms with van der Waals surface area (Å²) in [6.07, 6.45) is 8.55. The maximum absolute atomic E-state index is 14.3. The first kappa shape index (κ1) is 53.3. The van der Waals surface area contributed by atoms with Crippen LogP contribution < -0.4 is 11.2 Å². The lowest BCUT2D eigenvalue weighted by atomic mass is 9.71. The zero-order valence-corrected chi connectivity index (χ0v) is 40.6. The van der Waals surface area contributed by atoms with Crippen LogP contribution in [-0.2, 0) is 52.2 Å². The first-order chi connectivity index (χ1) is 31.8. The van der Waals surface area contributed by atoms with Crippen LogP contribution in [0, 0.1) is 23.7 Å². The van der Waals surface area contributed by atoms with E-state index in [1.165, 1.54) is 5.48 Å². The normalized spacial score (nSPS) is 43.9. The first-order valence-corrected chi connectivity index (χ1v) is 23.8. The predicted octanol–water partition coefficient (Wildman–Crippen LogP) is 4.42. The van der Waals surface area contributed by atoms with Crippen LogP contribution in [0.5, 0.6) is 0 Å². The molecule has 0 saturated carbocycles. The molecule has 20 unspecified atom stereocenters. The second-order valence-electron chi connectivity index (χ2n) is 19.4. The SMILES string of the molecule is CCC(C)C1OC2(C=CC1C)CC1CC(CC=C(C)C(OC3CC(OC)C(OC4CC(OC)C(O)C(C)O4)C(C)O3)C(C)C=CC=C3COC4C(O)C(C)=CC(C(=O)O1)C34O)O2.NC(=O)NO. The Morgan fingerprint density at radius 2 is 1.61 bits per heavy atom. The van der Waals surface area contributed by atoms with Gasteiger partial charge in [0.25, 0.3) is 0 Å². The second-order valence-corrected chi connectivity index (χ2v) is 19.4. The van der Waals surface area contributed by atoms with Crippen molar-refractivity contribution in [3.05, 3.63) is 59.3 Å². The van der Waals surface area contributed by atoms with Crippen molar-refractivity contribution in [1.82, 2.24) is 5.48 Å². The lowest BCUT2D eigenvalue weighted by Crippen LogP contribution is -2.58. The quantitative estimate of drug-likeness (QED) is 0.0854. The fourth-order valence-corrected chi connectivity index (χ4v) is 10.6. The molecule has 1 spiro atoms. The van der Waals surface area contributed by atoms with Gasteiger partial charge in [-0.3, -0.25) is 10.0 Å². The number of amides is 2. The number of carbonyl (C=O) groups excluding carboxylic acids is 2. The highest BCUT2D eigenvalue weighted by Crippen LogP contribution is 2.47. The molecule has 7 aliphatic rings. The van der Waals surface area contributed by atoms with Crippen LogP contribution in [0.1, 0.15) is 93.9 Å². The second kappa shape index (κ2) is 22.8. The molecular formula is C49H76N2O16. The zero-order chi connectivity index (χ0) is 49.0. The van der Waals surface area contributed by atoms with Crippen LogP contribution in [0.15, 0.2) is 59.3 Å². The van der Waals surface area contributed by atoms with Gasteiger partial charge in [-0.1, -0.05) is 70.6 Å². The number of fused-ring (bicyclic) bond motifs is 2. The summed E-state index contributed by atoms with van der Waals surface area (Å²) in [5.41, 5.74) is 5.59. The third-order valence-corrected chi connectivity index (χ3v) is 14.6. The van der Waals surface area contributed by atoms with Gasteiger partial charge in [-0.05, 0) is 62.8 Å². The van der Waals surface area contributed by atoms with E-state index in [0.717, 1.165) is 12.0 Å². The number of aliphatic hydroxyl groups excluding tert-OH is 2. The van der Waals surface area contributed by atoms with Crippen LogP contribution in [0.4, 0.5) is 4.79 Å². The molecule has 4 fully saturated rings. The van der Waals surface area contributed by atoms with Gasteiger partial charge in [0.1, 0.15) is 42.0 Å². The molecule has 1 aliphatic carbocycles. The summed E-state index contributed by atoms with van der Waals surface area (Å²) in [4.78, 5) is 23.6. The zero-order valence-electron chi connectivity index (χ0n) is 40.6. The number of carbonyl (C=O) groups is 2. The van der Waals surface area contributed by atoms with Gasteiger partial charge in [0, 0.05) is 51.7 Å². The van der Waals surface area contributed by atoms with Gasteiger partial charge in [0.15, 0.2) is 18.4 Å². The van der Waals surface area contributed by atoms with Crippen molar-refractivity contribution in [3.63, 3.8) is 0 Å². The number of esters is 1. The predicted molar refractivity (Wildman–Crippen MR) is 242 cm³/mol. The van der Waals surface area contributed by atoms with E-state index in [1.807, 2.05) is 32.1 Å². The van der Waals surface area contributed by atoms with Crippen molar-refractivity contribution in [2.75, 3.05) is 20.8 Å². The lowest BCUT2D eigenvalue weighted by molar-refractivity contribution is -0.318. The molecular weight excluding hydrogens is 873 g/mol. The first-order valence-electron chi connectivity index (χ1n) is 23.8. The van der Waals surface area contributed by atoms with E-state index in [9.17, 15) is 24.9 Å². The van der Waals surface area contributed by atoms with E-state index in [2.05, 4.69) is 45.6 Å². The standard InChI is InChI=1S/C48H72O14.CH4N2O2/c1-11-25(2)43-28(5)17-18-47(62-43)23-34-20-33(61-47)16-15-27(4)42(26(3)13-12-14-32-24-55-45-40(49)29(6)19-35(46(51)58-34)48(32,45)52)59-39-22-37(54-10)44(31(8)57-39)60-38-21-36(53-9)41(50)30(7)56-38;2-1(4)3-5/h12-15,17-19,25-26,28,30-31,33-45,49-50,52H,11,16,20-24H2,1-10H3;5H,(H3,2,3,4). The number of ether oxygens (including phenoxy) is 10. The van der Waals surface area contributed by atoms with E-state index in [-0.39, 0.29) is 42.7 Å². The molecule has 67 heavy (non-hydrogen) atoms. The minimum absolute atomic E-state index is 0.0317. The summed E-state index contributed by atoms with van der Waals surface area (Å²) in [6.45, 7) is 16.1. The number of nitrogens with one attached hydrogen (secondary N) is 1. The maximum atomic E-state index is 14.3. The van der Waals surface area contributed by atoms with Gasteiger partial charge in [-0.25, -0.2) is 10.3 Å². The molecule has 2 amide bonds. The molecule has 378 valence electrons. The van der Waals surface area contributed by atoms with Crippen molar-refractivity contribution in [2.45, 2.75) is 191 Å². The van der Waals surface area contributed by atoms with Gasteiger partial charge >= 0.3 is 12.0 Å². The molecule has 18 heteroatoms. The number of primary amides is 1. The molecule has 0 aromatic rings. The molecule has 7 rings (SSSR count). The van der Waals surface area contributed by atoms with Crippen molar-refractivity contribution in [1.29, 1.82) is 0 Å². The Morgan fingerprint density at radius 3 is 2.28 bits per heavy atom. The van der Waals surface area contributed by atoms with Gasteiger partial charge in [-0.2, -0.15) is 0 Å². The summed E-state index contributed by atoms with van der Waals surface area (Å²) < 4.78 is 63.7. The fraction of sp³-hybridized carbons (Fsp3) is 0.755. The lowest BCUT2D eigenvalue weighted by Gasteiger charge is -2.48. The Bertz CT molecular complexity index is 1860.